The lowest BCUT2D eigenvalue weighted by Gasteiger charge is -2.28. The van der Waals surface area contributed by atoms with Gasteiger partial charge in [0, 0.05) is 31.8 Å². The van der Waals surface area contributed by atoms with Crippen LogP contribution in [0.15, 0.2) is 18.2 Å². The van der Waals surface area contributed by atoms with Gasteiger partial charge in [-0.05, 0) is 12.5 Å². The topological polar surface area (TPSA) is 57.0 Å². The van der Waals surface area contributed by atoms with Crippen LogP contribution in [0.2, 0.25) is 0 Å². The Kier molecular flexibility index (Phi) is 5.23. The minimum atomic E-state index is 0.105. The lowest BCUT2D eigenvalue weighted by Crippen LogP contribution is -2.34. The Bertz CT molecular complexity index is 439. The van der Waals surface area contributed by atoms with Crippen LogP contribution in [0.25, 0.3) is 0 Å². The van der Waals surface area contributed by atoms with Crippen molar-refractivity contribution in [2.75, 3.05) is 41.0 Å². The van der Waals surface area contributed by atoms with Crippen LogP contribution >= 0.6 is 0 Å². The van der Waals surface area contributed by atoms with Crippen molar-refractivity contribution >= 4 is 0 Å². The third kappa shape index (κ3) is 2.90. The molecule has 0 amide bonds. The molecule has 1 aliphatic rings. The first-order valence-electron chi connectivity index (χ1n) is 6.92. The Labute approximate surface area is 120 Å². The molecule has 1 saturated heterocycles. The number of nitrogens with zero attached hydrogens (tertiary/aromatic N) is 1. The molecule has 1 fully saturated rings. The summed E-state index contributed by atoms with van der Waals surface area (Å²) in [6, 6.07) is 6.21. The van der Waals surface area contributed by atoms with E-state index in [9.17, 15) is 0 Å². The van der Waals surface area contributed by atoms with Crippen LogP contribution in [0.5, 0.6) is 11.5 Å². The fourth-order valence-corrected chi connectivity index (χ4v) is 2.91. The molecule has 112 valence electrons. The maximum atomic E-state index is 6.31. The van der Waals surface area contributed by atoms with Crippen LogP contribution < -0.4 is 15.2 Å². The van der Waals surface area contributed by atoms with E-state index < -0.39 is 0 Å². The largest absolute Gasteiger partial charge is 0.493 e. The maximum absolute atomic E-state index is 6.31. The van der Waals surface area contributed by atoms with Gasteiger partial charge in [0.2, 0.25) is 0 Å². The summed E-state index contributed by atoms with van der Waals surface area (Å²) in [7, 11) is 5.04. The number of likely N-dealkylation sites (tertiary alicyclic amines) is 1. The van der Waals surface area contributed by atoms with Gasteiger partial charge in [0.25, 0.3) is 0 Å². The number of hydrogen-bond acceptors (Lipinski definition) is 5. The number of hydrogen-bond donors (Lipinski definition) is 1. The van der Waals surface area contributed by atoms with Gasteiger partial charge in [-0.3, -0.25) is 4.90 Å². The summed E-state index contributed by atoms with van der Waals surface area (Å²) in [5.41, 5.74) is 7.40. The lowest BCUT2D eigenvalue weighted by molar-refractivity contribution is 0.138. The Balaban J connectivity index is 2.32. The summed E-state index contributed by atoms with van der Waals surface area (Å²) >= 11 is 0. The second-order valence-electron chi connectivity index (χ2n) is 5.01. The normalized spacial score (nSPS) is 23.0. The predicted octanol–water partition coefficient (Wildman–Crippen LogP) is 1.42. The molecule has 5 nitrogen and oxygen atoms in total. The predicted molar refractivity (Wildman–Crippen MR) is 78.3 cm³/mol. The zero-order valence-corrected chi connectivity index (χ0v) is 12.5. The zero-order chi connectivity index (χ0) is 14.5. The minimum Gasteiger partial charge on any atom is -0.493 e. The highest BCUT2D eigenvalue weighted by Crippen LogP contribution is 2.40. The molecule has 2 N–H and O–H groups in total. The van der Waals surface area contributed by atoms with Gasteiger partial charge in [0.05, 0.1) is 26.9 Å². The molecule has 1 aromatic carbocycles. The molecule has 0 bridgehead atoms. The molecule has 0 spiro atoms. The number of nitrogens with two attached hydrogens (primary N) is 1. The van der Waals surface area contributed by atoms with E-state index in [1.54, 1.807) is 21.3 Å². The first kappa shape index (κ1) is 15.1. The molecular formula is C15H24N2O3. The summed E-state index contributed by atoms with van der Waals surface area (Å²) < 4.78 is 16.1. The van der Waals surface area contributed by atoms with Gasteiger partial charge >= 0.3 is 0 Å². The third-order valence-corrected chi connectivity index (χ3v) is 3.88. The molecule has 5 heteroatoms. The lowest BCUT2D eigenvalue weighted by atomic mass is 9.99. The van der Waals surface area contributed by atoms with E-state index in [2.05, 4.69) is 11.0 Å². The van der Waals surface area contributed by atoms with Crippen LogP contribution in [0.4, 0.5) is 0 Å². The van der Waals surface area contributed by atoms with Crippen molar-refractivity contribution in [1.82, 2.24) is 4.90 Å². The Hall–Kier alpha value is -1.30. The zero-order valence-electron chi connectivity index (χ0n) is 12.5. The second kappa shape index (κ2) is 6.92. The fraction of sp³-hybridized carbons (Fsp3) is 0.600. The number of methoxy groups -OCH3 is 3. The van der Waals surface area contributed by atoms with Gasteiger partial charge in [-0.1, -0.05) is 12.1 Å². The monoisotopic (exact) mass is 280 g/mol. The standard InChI is InChI=1S/C15H24N2O3/c1-18-10-9-17-8-7-12(16)14(17)11-5-4-6-13(19-2)15(11)20-3/h4-6,12,14H,7-10,16H2,1-3H3. The minimum absolute atomic E-state index is 0.105. The highest BCUT2D eigenvalue weighted by molar-refractivity contribution is 5.48. The van der Waals surface area contributed by atoms with Crippen LogP contribution in [-0.4, -0.2) is 52.0 Å². The summed E-state index contributed by atoms with van der Waals surface area (Å²) in [5, 5.41) is 0. The summed E-state index contributed by atoms with van der Waals surface area (Å²) in [4.78, 5) is 2.35. The van der Waals surface area contributed by atoms with Crippen molar-refractivity contribution in [2.45, 2.75) is 18.5 Å². The van der Waals surface area contributed by atoms with E-state index in [0.29, 0.717) is 6.61 Å². The summed E-state index contributed by atoms with van der Waals surface area (Å²) in [6.45, 7) is 2.56. The van der Waals surface area contributed by atoms with Crippen molar-refractivity contribution < 1.29 is 14.2 Å². The van der Waals surface area contributed by atoms with E-state index in [1.807, 2.05) is 12.1 Å². The molecule has 2 rings (SSSR count). The average molecular weight is 280 g/mol. The van der Waals surface area contributed by atoms with Gasteiger partial charge in [0.1, 0.15) is 0 Å². The van der Waals surface area contributed by atoms with Crippen molar-refractivity contribution in [3.63, 3.8) is 0 Å². The fourth-order valence-electron chi connectivity index (χ4n) is 2.91. The summed E-state index contributed by atoms with van der Waals surface area (Å²) in [6.07, 6.45) is 0.981. The molecule has 1 heterocycles. The van der Waals surface area contributed by atoms with E-state index in [0.717, 1.165) is 36.6 Å². The number of rotatable bonds is 6. The SMILES string of the molecule is COCCN1CCC(N)C1c1cccc(OC)c1OC. The maximum Gasteiger partial charge on any atom is 0.165 e. The smallest absolute Gasteiger partial charge is 0.165 e. The van der Waals surface area contributed by atoms with Crippen molar-refractivity contribution in [3.05, 3.63) is 23.8 Å². The quantitative estimate of drug-likeness (QED) is 0.854. The first-order chi connectivity index (χ1) is 9.72. The Morgan fingerprint density at radius 3 is 2.70 bits per heavy atom. The molecule has 20 heavy (non-hydrogen) atoms. The summed E-state index contributed by atoms with van der Waals surface area (Å²) in [5.74, 6) is 1.52. The number of benzene rings is 1. The molecule has 1 aromatic rings. The van der Waals surface area contributed by atoms with Crippen LogP contribution in [0, 0.1) is 0 Å². The number of ether oxygens (including phenoxy) is 3. The van der Waals surface area contributed by atoms with Crippen LogP contribution in [0.1, 0.15) is 18.0 Å². The van der Waals surface area contributed by atoms with E-state index >= 15 is 0 Å². The molecule has 0 aliphatic carbocycles. The molecule has 0 saturated carbocycles. The van der Waals surface area contributed by atoms with Crippen LogP contribution in [0.3, 0.4) is 0 Å². The molecular weight excluding hydrogens is 256 g/mol. The first-order valence-corrected chi connectivity index (χ1v) is 6.92. The van der Waals surface area contributed by atoms with E-state index in [-0.39, 0.29) is 12.1 Å². The van der Waals surface area contributed by atoms with Crippen LogP contribution in [-0.2, 0) is 4.74 Å². The average Bonchev–Trinajstić information content (AvgIpc) is 2.84. The van der Waals surface area contributed by atoms with Crippen molar-refractivity contribution in [1.29, 1.82) is 0 Å². The molecule has 0 radical (unpaired) electrons. The molecule has 0 aromatic heterocycles. The Morgan fingerprint density at radius 2 is 2.05 bits per heavy atom. The van der Waals surface area contributed by atoms with Gasteiger partial charge < -0.3 is 19.9 Å². The van der Waals surface area contributed by atoms with Crippen molar-refractivity contribution in [2.24, 2.45) is 5.73 Å². The molecule has 2 unspecified atom stereocenters. The Morgan fingerprint density at radius 1 is 1.25 bits per heavy atom. The third-order valence-electron chi connectivity index (χ3n) is 3.88. The van der Waals surface area contributed by atoms with E-state index in [4.69, 9.17) is 19.9 Å². The van der Waals surface area contributed by atoms with Gasteiger partial charge in [-0.15, -0.1) is 0 Å². The molecule has 2 atom stereocenters. The second-order valence-corrected chi connectivity index (χ2v) is 5.01. The van der Waals surface area contributed by atoms with Crippen molar-refractivity contribution in [3.8, 4) is 11.5 Å². The van der Waals surface area contributed by atoms with Gasteiger partial charge in [-0.25, -0.2) is 0 Å². The molecule has 1 aliphatic heterocycles. The highest BCUT2D eigenvalue weighted by Gasteiger charge is 2.35. The number of para-hydroxylation sites is 1. The van der Waals surface area contributed by atoms with Gasteiger partial charge in [0.15, 0.2) is 11.5 Å². The highest BCUT2D eigenvalue weighted by atomic mass is 16.5. The van der Waals surface area contributed by atoms with E-state index in [1.165, 1.54) is 0 Å². The van der Waals surface area contributed by atoms with Gasteiger partial charge in [-0.2, -0.15) is 0 Å².